The maximum atomic E-state index is 12.6. The van der Waals surface area contributed by atoms with Gasteiger partial charge < -0.3 is 9.84 Å². The maximum Gasteiger partial charge on any atom is 0.303 e. The lowest BCUT2D eigenvalue weighted by molar-refractivity contribution is -0.137. The number of carbonyl (C=O) groups excluding carboxylic acids is 1. The van der Waals surface area contributed by atoms with Gasteiger partial charge >= 0.3 is 5.97 Å². The smallest absolute Gasteiger partial charge is 0.303 e. The highest BCUT2D eigenvalue weighted by molar-refractivity contribution is 6.32. The topological polar surface area (TPSA) is 76.0 Å². The van der Waals surface area contributed by atoms with E-state index in [1.54, 1.807) is 42.6 Å². The van der Waals surface area contributed by atoms with Crippen LogP contribution in [-0.4, -0.2) is 35.2 Å². The second kappa shape index (κ2) is 8.64. The van der Waals surface area contributed by atoms with Gasteiger partial charge in [-0.3, -0.25) is 14.6 Å². The normalized spacial score (nSPS) is 18.7. The quantitative estimate of drug-likeness (QED) is 0.653. The molecule has 24 heavy (non-hydrogen) atoms. The first kappa shape index (κ1) is 18.2. The van der Waals surface area contributed by atoms with Crippen LogP contribution in [0.2, 0.25) is 5.02 Å². The number of carbonyl (C=O) groups is 2. The highest BCUT2D eigenvalue weighted by Crippen LogP contribution is 2.28. The Bertz CT molecular complexity index is 642. The predicted molar refractivity (Wildman–Crippen MR) is 93.0 cm³/mol. The van der Waals surface area contributed by atoms with E-state index in [9.17, 15) is 9.59 Å². The molecule has 128 valence electrons. The van der Waals surface area contributed by atoms with E-state index in [1.165, 1.54) is 0 Å². The SMILES string of the molecule is O=C(O)CCCCCC1(C(=O)COc2ccccc2Cl)C=CC=N1. The molecule has 6 heteroatoms. The number of unbranched alkanes of at least 4 members (excludes halogenated alkanes) is 2. The molecule has 0 radical (unpaired) electrons. The second-order valence-electron chi connectivity index (χ2n) is 5.66. The van der Waals surface area contributed by atoms with E-state index in [2.05, 4.69) is 4.99 Å². The molecule has 1 aliphatic heterocycles. The molecule has 1 atom stereocenters. The number of Topliss-reactive ketones (excluding diaryl/α,β-unsaturated/α-hetero) is 1. The summed E-state index contributed by atoms with van der Waals surface area (Å²) >= 11 is 6.02. The number of hydrogen-bond donors (Lipinski definition) is 1. The molecular weight excluding hydrogens is 330 g/mol. The van der Waals surface area contributed by atoms with Crippen LogP contribution in [0.25, 0.3) is 0 Å². The number of nitrogens with zero attached hydrogens (tertiary/aromatic N) is 1. The van der Waals surface area contributed by atoms with Gasteiger partial charge in [-0.2, -0.15) is 0 Å². The van der Waals surface area contributed by atoms with Crippen molar-refractivity contribution in [3.05, 3.63) is 41.4 Å². The highest BCUT2D eigenvalue weighted by atomic mass is 35.5. The number of rotatable bonds is 10. The first-order valence-corrected chi connectivity index (χ1v) is 8.27. The third kappa shape index (κ3) is 4.93. The summed E-state index contributed by atoms with van der Waals surface area (Å²) in [5, 5.41) is 9.10. The minimum Gasteiger partial charge on any atom is -0.484 e. The number of para-hydroxylation sites is 1. The molecule has 1 aliphatic rings. The Kier molecular flexibility index (Phi) is 6.55. The van der Waals surface area contributed by atoms with E-state index in [0.717, 1.165) is 12.8 Å². The molecule has 0 fully saturated rings. The fraction of sp³-hybridized carbons (Fsp3) is 0.389. The molecule has 0 aliphatic carbocycles. The van der Waals surface area contributed by atoms with Gasteiger partial charge in [-0.25, -0.2) is 0 Å². The molecule has 0 saturated carbocycles. The van der Waals surface area contributed by atoms with Crippen molar-refractivity contribution in [2.24, 2.45) is 4.99 Å². The van der Waals surface area contributed by atoms with Crippen molar-refractivity contribution in [1.29, 1.82) is 0 Å². The van der Waals surface area contributed by atoms with Crippen LogP contribution < -0.4 is 4.74 Å². The van der Waals surface area contributed by atoms with Crippen molar-refractivity contribution in [3.8, 4) is 5.75 Å². The number of aliphatic imine (C=N–C) groups is 1. The Morgan fingerprint density at radius 1 is 1.21 bits per heavy atom. The van der Waals surface area contributed by atoms with Crippen molar-refractivity contribution >= 4 is 29.6 Å². The molecule has 1 unspecified atom stereocenters. The fourth-order valence-electron chi connectivity index (χ4n) is 2.55. The van der Waals surface area contributed by atoms with Crippen LogP contribution in [-0.2, 0) is 9.59 Å². The summed E-state index contributed by atoms with van der Waals surface area (Å²) in [5.74, 6) is -0.464. The van der Waals surface area contributed by atoms with E-state index >= 15 is 0 Å². The molecule has 0 bridgehead atoms. The third-order valence-electron chi connectivity index (χ3n) is 3.89. The summed E-state index contributed by atoms with van der Waals surface area (Å²) in [5.41, 5.74) is -0.898. The van der Waals surface area contributed by atoms with E-state index in [1.807, 2.05) is 0 Å². The number of ether oxygens (including phenoxy) is 1. The Labute approximate surface area is 146 Å². The van der Waals surface area contributed by atoms with Crippen LogP contribution in [0.1, 0.15) is 32.1 Å². The summed E-state index contributed by atoms with van der Waals surface area (Å²) in [7, 11) is 0. The monoisotopic (exact) mass is 349 g/mol. The van der Waals surface area contributed by atoms with Crippen LogP contribution in [0, 0.1) is 0 Å². The second-order valence-corrected chi connectivity index (χ2v) is 6.07. The molecular formula is C18H20ClNO4. The van der Waals surface area contributed by atoms with Gasteiger partial charge in [0, 0.05) is 12.6 Å². The number of ketones is 1. The van der Waals surface area contributed by atoms with E-state index < -0.39 is 11.5 Å². The average Bonchev–Trinajstić information content (AvgIpc) is 3.03. The van der Waals surface area contributed by atoms with Gasteiger partial charge in [-0.1, -0.05) is 36.6 Å². The lowest BCUT2D eigenvalue weighted by Crippen LogP contribution is -2.37. The molecule has 0 spiro atoms. The Hall–Kier alpha value is -2.14. The lowest BCUT2D eigenvalue weighted by atomic mass is 9.89. The van der Waals surface area contributed by atoms with Gasteiger partial charge in [0.25, 0.3) is 0 Å². The van der Waals surface area contributed by atoms with Crippen molar-refractivity contribution in [2.75, 3.05) is 6.61 Å². The summed E-state index contributed by atoms with van der Waals surface area (Å²) < 4.78 is 5.53. The van der Waals surface area contributed by atoms with Crippen LogP contribution in [0.3, 0.4) is 0 Å². The number of benzene rings is 1. The third-order valence-corrected chi connectivity index (χ3v) is 4.20. The maximum absolute atomic E-state index is 12.6. The van der Waals surface area contributed by atoms with E-state index in [4.69, 9.17) is 21.4 Å². The number of hydrogen-bond acceptors (Lipinski definition) is 4. The number of carboxylic acid groups (broad SMARTS) is 1. The van der Waals surface area contributed by atoms with Crippen molar-refractivity contribution in [1.82, 2.24) is 0 Å². The minimum absolute atomic E-state index is 0.111. The number of halogens is 1. The minimum atomic E-state index is -0.898. The molecule has 1 aromatic rings. The van der Waals surface area contributed by atoms with Gasteiger partial charge in [0.15, 0.2) is 0 Å². The summed E-state index contributed by atoms with van der Waals surface area (Å²) in [6, 6.07) is 6.99. The summed E-state index contributed by atoms with van der Waals surface area (Å²) in [4.78, 5) is 27.4. The molecule has 1 N–H and O–H groups in total. The van der Waals surface area contributed by atoms with Crippen molar-refractivity contribution in [2.45, 2.75) is 37.6 Å². The molecule has 0 saturated heterocycles. The zero-order chi connectivity index (χ0) is 17.4. The van der Waals surface area contributed by atoms with Crippen LogP contribution in [0.5, 0.6) is 5.75 Å². The van der Waals surface area contributed by atoms with Crippen molar-refractivity contribution in [3.63, 3.8) is 0 Å². The molecule has 2 rings (SSSR count). The van der Waals surface area contributed by atoms with Crippen molar-refractivity contribution < 1.29 is 19.4 Å². The highest BCUT2D eigenvalue weighted by Gasteiger charge is 2.36. The van der Waals surface area contributed by atoms with Gasteiger partial charge in [-0.05, 0) is 37.1 Å². The standard InChI is InChI=1S/C18H20ClNO4/c19-14-7-3-4-8-15(14)24-13-16(21)18(11-6-12-20-18)10-5-1-2-9-17(22)23/h3-4,6-8,11-12H,1-2,5,9-10,13H2,(H,22,23). The Balaban J connectivity index is 1.88. The zero-order valence-electron chi connectivity index (χ0n) is 13.3. The summed E-state index contributed by atoms with van der Waals surface area (Å²) in [6.07, 6.45) is 7.92. The van der Waals surface area contributed by atoms with Gasteiger partial charge in [0.05, 0.1) is 5.02 Å². The molecule has 0 amide bonds. The largest absolute Gasteiger partial charge is 0.484 e. The predicted octanol–water partition coefficient (Wildman–Crippen LogP) is 3.70. The Morgan fingerprint density at radius 2 is 2.00 bits per heavy atom. The Morgan fingerprint density at radius 3 is 2.67 bits per heavy atom. The number of carboxylic acids is 1. The van der Waals surface area contributed by atoms with Gasteiger partial charge in [0.2, 0.25) is 5.78 Å². The van der Waals surface area contributed by atoms with Crippen LogP contribution >= 0.6 is 11.6 Å². The van der Waals surface area contributed by atoms with E-state index in [-0.39, 0.29) is 18.8 Å². The molecule has 1 heterocycles. The molecule has 0 aromatic heterocycles. The van der Waals surface area contributed by atoms with Gasteiger partial charge in [-0.15, -0.1) is 0 Å². The number of aliphatic carboxylic acids is 1. The summed E-state index contributed by atoms with van der Waals surface area (Å²) in [6.45, 7) is -0.111. The first-order chi connectivity index (χ1) is 11.5. The zero-order valence-corrected chi connectivity index (χ0v) is 14.0. The van der Waals surface area contributed by atoms with Crippen LogP contribution in [0.4, 0.5) is 0 Å². The van der Waals surface area contributed by atoms with Crippen LogP contribution in [0.15, 0.2) is 41.4 Å². The molecule has 1 aromatic carbocycles. The van der Waals surface area contributed by atoms with Gasteiger partial charge in [0.1, 0.15) is 17.9 Å². The lowest BCUT2D eigenvalue weighted by Gasteiger charge is -2.23. The first-order valence-electron chi connectivity index (χ1n) is 7.89. The number of allylic oxidation sites excluding steroid dienone is 1. The molecule has 5 nitrogen and oxygen atoms in total. The average molecular weight is 350 g/mol. The fourth-order valence-corrected chi connectivity index (χ4v) is 2.74. The van der Waals surface area contributed by atoms with E-state index in [0.29, 0.717) is 23.6 Å².